The second-order valence-electron chi connectivity index (χ2n) is 14.3. The van der Waals surface area contributed by atoms with E-state index in [-0.39, 0.29) is 0 Å². The van der Waals surface area contributed by atoms with E-state index in [0.29, 0.717) is 5.82 Å². The van der Waals surface area contributed by atoms with Crippen LogP contribution in [0.15, 0.2) is 206 Å². The number of rotatable bonds is 6. The summed E-state index contributed by atoms with van der Waals surface area (Å²) in [6, 6.07) is 71.0. The van der Waals surface area contributed by atoms with Crippen LogP contribution in [0, 0.1) is 0 Å². The molecule has 0 N–H and O–H groups in total. The molecule has 4 nitrogen and oxygen atoms in total. The Bertz CT molecular complexity index is 3160. The standard InChI is InChI=1S/C52H34N4/c1-4-13-36(14-5-1)46-34-47(37-15-6-2-7-16-37)54-52(53-46)40-18-12-17-39(33-40)35-23-27-42(28-24-35)56-49-22-11-10-21-43(49)44-29-25-38-26-30-48-45(50(38)51(44)56)31-32-55(48)41-19-8-3-9-20-41/h1-34H. The van der Waals surface area contributed by atoms with E-state index in [1.165, 1.54) is 43.5 Å². The minimum absolute atomic E-state index is 0.702. The first-order valence-electron chi connectivity index (χ1n) is 19.0. The lowest BCUT2D eigenvalue weighted by Crippen LogP contribution is -1.96. The maximum Gasteiger partial charge on any atom is 0.160 e. The molecule has 3 aromatic heterocycles. The van der Waals surface area contributed by atoms with Gasteiger partial charge in [-0.05, 0) is 71.1 Å². The van der Waals surface area contributed by atoms with Crippen LogP contribution in [0.1, 0.15) is 0 Å². The Hall–Kier alpha value is -7.56. The number of hydrogen-bond acceptors (Lipinski definition) is 2. The van der Waals surface area contributed by atoms with Gasteiger partial charge in [0.15, 0.2) is 5.82 Å². The predicted molar refractivity (Wildman–Crippen MR) is 232 cm³/mol. The Balaban J connectivity index is 1.04. The van der Waals surface area contributed by atoms with Crippen molar-refractivity contribution >= 4 is 43.5 Å². The third kappa shape index (κ3) is 5.31. The highest BCUT2D eigenvalue weighted by Crippen LogP contribution is 2.40. The van der Waals surface area contributed by atoms with Crippen molar-refractivity contribution in [2.75, 3.05) is 0 Å². The van der Waals surface area contributed by atoms with Crippen LogP contribution in [0.4, 0.5) is 0 Å². The zero-order valence-corrected chi connectivity index (χ0v) is 30.4. The van der Waals surface area contributed by atoms with Gasteiger partial charge in [0.25, 0.3) is 0 Å². The van der Waals surface area contributed by atoms with Gasteiger partial charge in [-0.15, -0.1) is 0 Å². The van der Waals surface area contributed by atoms with Gasteiger partial charge in [-0.3, -0.25) is 0 Å². The first-order valence-corrected chi connectivity index (χ1v) is 19.0. The van der Waals surface area contributed by atoms with E-state index < -0.39 is 0 Å². The van der Waals surface area contributed by atoms with Crippen LogP contribution in [0.5, 0.6) is 0 Å². The molecule has 8 aromatic carbocycles. The molecule has 0 aliphatic heterocycles. The molecule has 0 atom stereocenters. The van der Waals surface area contributed by atoms with Crippen LogP contribution in [0.25, 0.3) is 99.9 Å². The van der Waals surface area contributed by atoms with E-state index in [1.54, 1.807) is 0 Å². The minimum atomic E-state index is 0.702. The van der Waals surface area contributed by atoms with Crippen LogP contribution < -0.4 is 0 Å². The predicted octanol–water partition coefficient (Wildman–Crippen LogP) is 13.3. The SMILES string of the molecule is c1ccc(-c2cc(-c3ccccc3)nc(-c3cccc(-c4ccc(-n5c6ccccc6c6ccc7ccc8c(ccn8-c8ccccc8)c7c65)cc4)c3)n2)cc1. The summed E-state index contributed by atoms with van der Waals surface area (Å²) < 4.78 is 4.73. The summed E-state index contributed by atoms with van der Waals surface area (Å²) in [4.78, 5) is 10.2. The van der Waals surface area contributed by atoms with E-state index in [2.05, 4.69) is 203 Å². The highest BCUT2D eigenvalue weighted by molar-refractivity contribution is 6.25. The Morgan fingerprint density at radius 2 is 0.982 bits per heavy atom. The van der Waals surface area contributed by atoms with Crippen LogP contribution in [-0.4, -0.2) is 19.1 Å². The molecule has 4 heteroatoms. The van der Waals surface area contributed by atoms with Crippen molar-refractivity contribution in [2.24, 2.45) is 0 Å². The largest absolute Gasteiger partial charge is 0.317 e. The molecule has 0 saturated heterocycles. The molecular weight excluding hydrogens is 681 g/mol. The number of para-hydroxylation sites is 2. The van der Waals surface area contributed by atoms with Gasteiger partial charge < -0.3 is 9.13 Å². The highest BCUT2D eigenvalue weighted by atomic mass is 15.0. The van der Waals surface area contributed by atoms with Gasteiger partial charge in [0, 0.05) is 55.8 Å². The van der Waals surface area contributed by atoms with Crippen LogP contribution in [0.3, 0.4) is 0 Å². The van der Waals surface area contributed by atoms with E-state index in [4.69, 9.17) is 9.97 Å². The highest BCUT2D eigenvalue weighted by Gasteiger charge is 2.18. The Labute approximate surface area is 324 Å². The van der Waals surface area contributed by atoms with Gasteiger partial charge in [0.2, 0.25) is 0 Å². The molecule has 0 spiro atoms. The zero-order chi connectivity index (χ0) is 37.0. The zero-order valence-electron chi connectivity index (χ0n) is 30.4. The normalized spacial score (nSPS) is 11.6. The molecule has 0 fully saturated rings. The maximum atomic E-state index is 5.09. The van der Waals surface area contributed by atoms with Crippen molar-refractivity contribution in [1.82, 2.24) is 19.1 Å². The lowest BCUT2D eigenvalue weighted by atomic mass is 10.0. The van der Waals surface area contributed by atoms with Gasteiger partial charge in [0.05, 0.1) is 27.9 Å². The third-order valence-corrected chi connectivity index (χ3v) is 11.0. The lowest BCUT2D eigenvalue weighted by Gasteiger charge is -2.13. The number of benzene rings is 8. The Morgan fingerprint density at radius 1 is 0.357 bits per heavy atom. The Kier molecular flexibility index (Phi) is 7.46. The fourth-order valence-electron chi connectivity index (χ4n) is 8.30. The first-order chi connectivity index (χ1) is 27.8. The molecule has 0 unspecified atom stereocenters. The lowest BCUT2D eigenvalue weighted by molar-refractivity contribution is 1.13. The topological polar surface area (TPSA) is 35.6 Å². The molecule has 56 heavy (non-hydrogen) atoms. The van der Waals surface area contributed by atoms with Gasteiger partial charge in [0.1, 0.15) is 0 Å². The molecule has 11 rings (SSSR count). The van der Waals surface area contributed by atoms with Crippen molar-refractivity contribution in [2.45, 2.75) is 0 Å². The van der Waals surface area contributed by atoms with Crippen LogP contribution >= 0.6 is 0 Å². The summed E-state index contributed by atoms with van der Waals surface area (Å²) in [7, 11) is 0. The monoisotopic (exact) mass is 714 g/mol. The van der Waals surface area contributed by atoms with Gasteiger partial charge >= 0.3 is 0 Å². The summed E-state index contributed by atoms with van der Waals surface area (Å²) >= 11 is 0. The summed E-state index contributed by atoms with van der Waals surface area (Å²) in [5.41, 5.74) is 13.0. The molecule has 3 heterocycles. The molecule has 0 radical (unpaired) electrons. The molecule has 11 aromatic rings. The van der Waals surface area contributed by atoms with Crippen molar-refractivity contribution in [3.8, 4) is 56.4 Å². The fourth-order valence-corrected chi connectivity index (χ4v) is 8.30. The quantitative estimate of drug-likeness (QED) is 0.172. The van der Waals surface area contributed by atoms with Crippen LogP contribution in [0.2, 0.25) is 0 Å². The van der Waals surface area contributed by atoms with E-state index in [0.717, 1.165) is 50.6 Å². The van der Waals surface area contributed by atoms with Gasteiger partial charge in [-0.2, -0.15) is 0 Å². The summed E-state index contributed by atoms with van der Waals surface area (Å²) in [5.74, 6) is 0.702. The average molecular weight is 715 g/mol. The van der Waals surface area contributed by atoms with Gasteiger partial charge in [-0.25, -0.2) is 9.97 Å². The van der Waals surface area contributed by atoms with E-state index >= 15 is 0 Å². The maximum absolute atomic E-state index is 5.09. The number of fused-ring (bicyclic) bond motifs is 7. The smallest absolute Gasteiger partial charge is 0.160 e. The molecule has 262 valence electrons. The number of hydrogen-bond donors (Lipinski definition) is 0. The summed E-state index contributed by atoms with van der Waals surface area (Å²) in [6.45, 7) is 0. The molecule has 0 aliphatic carbocycles. The molecule has 0 bridgehead atoms. The van der Waals surface area contributed by atoms with E-state index in [9.17, 15) is 0 Å². The summed E-state index contributed by atoms with van der Waals surface area (Å²) in [5, 5.41) is 6.21. The molecule has 0 amide bonds. The minimum Gasteiger partial charge on any atom is -0.317 e. The van der Waals surface area contributed by atoms with E-state index in [1.807, 2.05) is 12.1 Å². The molecular formula is C52H34N4. The van der Waals surface area contributed by atoms with Crippen molar-refractivity contribution in [3.63, 3.8) is 0 Å². The number of aromatic nitrogens is 4. The number of nitrogens with zero attached hydrogens (tertiary/aromatic N) is 4. The van der Waals surface area contributed by atoms with Gasteiger partial charge in [-0.1, -0.05) is 146 Å². The van der Waals surface area contributed by atoms with Crippen molar-refractivity contribution < 1.29 is 0 Å². The second-order valence-corrected chi connectivity index (χ2v) is 14.3. The van der Waals surface area contributed by atoms with Crippen LogP contribution in [-0.2, 0) is 0 Å². The van der Waals surface area contributed by atoms with Crippen molar-refractivity contribution in [3.05, 3.63) is 206 Å². The molecule has 0 aliphatic rings. The second kappa shape index (κ2) is 13.1. The first kappa shape index (κ1) is 31.9. The fraction of sp³-hybridized carbons (Fsp3) is 0. The Morgan fingerprint density at radius 3 is 1.71 bits per heavy atom. The third-order valence-electron chi connectivity index (χ3n) is 11.0. The van der Waals surface area contributed by atoms with Crippen molar-refractivity contribution in [1.29, 1.82) is 0 Å². The molecule has 0 saturated carbocycles. The summed E-state index contributed by atoms with van der Waals surface area (Å²) in [6.07, 6.45) is 2.19. The average Bonchev–Trinajstić information content (AvgIpc) is 3.87.